The van der Waals surface area contributed by atoms with Gasteiger partial charge in [0.1, 0.15) is 6.04 Å². The van der Waals surface area contributed by atoms with Gasteiger partial charge in [0.15, 0.2) is 0 Å². The second-order valence-electron chi connectivity index (χ2n) is 8.18. The summed E-state index contributed by atoms with van der Waals surface area (Å²) in [5.74, 6) is 0.354. The first kappa shape index (κ1) is 30.2. The first-order chi connectivity index (χ1) is 18.0. The Kier molecular flexibility index (Phi) is 8.51. The summed E-state index contributed by atoms with van der Waals surface area (Å²) in [4.78, 5) is 16.6. The number of halogens is 9. The third-order valence-corrected chi connectivity index (χ3v) is 6.41. The molecule has 1 heterocycles. The van der Waals surface area contributed by atoms with Crippen molar-refractivity contribution < 1.29 is 49.1 Å². The number of hydrogen-bond acceptors (Lipinski definition) is 5. The van der Waals surface area contributed by atoms with Gasteiger partial charge in [-0.3, -0.25) is 15.1 Å². The van der Waals surface area contributed by atoms with Crippen molar-refractivity contribution in [1.82, 2.24) is 10.8 Å². The maximum absolute atomic E-state index is 14.2. The van der Waals surface area contributed by atoms with Crippen LogP contribution in [-0.2, 0) is 27.6 Å². The molecule has 2 aromatic carbocycles. The molecule has 15 heteroatoms. The Hall–Kier alpha value is -3.38. The van der Waals surface area contributed by atoms with Gasteiger partial charge in [-0.15, -0.1) is 0 Å². The van der Waals surface area contributed by atoms with Crippen molar-refractivity contribution >= 4 is 23.4 Å². The van der Waals surface area contributed by atoms with Gasteiger partial charge in [-0.05, 0) is 41.2 Å². The standard InChI is InChI=1S/C24H18F9N3O2S/c1-2-39-12-20(37)35-19(11-34)14-5-3-13(4-6-14)18-10-21(38-36-18,24(31,32)33)15-7-16(22(25,26)27)9-17(8-15)23(28,29)30/h3-10,19,36H,2,12H2,1H3,(H,35,37). The summed E-state index contributed by atoms with van der Waals surface area (Å²) in [7, 11) is 0. The fourth-order valence-corrected chi connectivity index (χ4v) is 4.07. The van der Waals surface area contributed by atoms with Gasteiger partial charge in [0, 0.05) is 5.56 Å². The SMILES string of the molecule is CCSCC(=O)NC(C#N)c1ccc(C2=CC(c3cc(C(F)(F)F)cc(C(F)(F)F)c3)(C(F)(F)F)ON2)cc1. The van der Waals surface area contributed by atoms with E-state index in [-0.39, 0.29) is 35.1 Å². The molecule has 0 aromatic heterocycles. The van der Waals surface area contributed by atoms with Crippen LogP contribution < -0.4 is 10.8 Å². The molecule has 0 fully saturated rings. The highest BCUT2D eigenvalue weighted by atomic mass is 32.2. The van der Waals surface area contributed by atoms with Gasteiger partial charge in [-0.1, -0.05) is 31.2 Å². The topological polar surface area (TPSA) is 74.2 Å². The van der Waals surface area contributed by atoms with Crippen LogP contribution in [0.3, 0.4) is 0 Å². The van der Waals surface area contributed by atoms with E-state index in [2.05, 4.69) is 10.2 Å². The summed E-state index contributed by atoms with van der Waals surface area (Å²) in [6.07, 6.45) is -15.9. The summed E-state index contributed by atoms with van der Waals surface area (Å²) in [6.45, 7) is 1.84. The van der Waals surface area contributed by atoms with Crippen LogP contribution in [0, 0.1) is 11.3 Å². The molecule has 0 spiro atoms. The number of hydrogen-bond donors (Lipinski definition) is 2. The number of nitrogens with zero attached hydrogens (tertiary/aromatic N) is 1. The molecule has 1 aliphatic heterocycles. The van der Waals surface area contributed by atoms with Crippen molar-refractivity contribution in [3.8, 4) is 6.07 Å². The highest BCUT2D eigenvalue weighted by Gasteiger charge is 2.60. The van der Waals surface area contributed by atoms with Crippen molar-refractivity contribution in [2.75, 3.05) is 11.5 Å². The Balaban J connectivity index is 2.02. The van der Waals surface area contributed by atoms with E-state index in [0.717, 1.165) is 0 Å². The summed E-state index contributed by atoms with van der Waals surface area (Å²) >= 11 is 1.32. The summed E-state index contributed by atoms with van der Waals surface area (Å²) < 4.78 is 122. The van der Waals surface area contributed by atoms with Crippen LogP contribution in [0.4, 0.5) is 39.5 Å². The lowest BCUT2D eigenvalue weighted by Gasteiger charge is -2.29. The molecule has 1 aliphatic rings. The third kappa shape index (κ3) is 6.62. The summed E-state index contributed by atoms with van der Waals surface area (Å²) in [5, 5.41) is 11.9. The minimum absolute atomic E-state index is 0.0115. The van der Waals surface area contributed by atoms with Gasteiger partial charge >= 0.3 is 18.5 Å². The number of nitrogens with one attached hydrogen (secondary N) is 2. The predicted octanol–water partition coefficient (Wildman–Crippen LogP) is 6.49. The first-order valence-electron chi connectivity index (χ1n) is 10.9. The van der Waals surface area contributed by atoms with E-state index in [0.29, 0.717) is 11.8 Å². The zero-order valence-electron chi connectivity index (χ0n) is 19.7. The van der Waals surface area contributed by atoms with Crippen molar-refractivity contribution in [3.63, 3.8) is 0 Å². The normalized spacial score (nSPS) is 18.6. The Labute approximate surface area is 220 Å². The predicted molar refractivity (Wildman–Crippen MR) is 122 cm³/mol. The number of hydroxylamine groups is 1. The highest BCUT2D eigenvalue weighted by Crippen LogP contribution is 2.49. The van der Waals surface area contributed by atoms with Crippen molar-refractivity contribution in [2.24, 2.45) is 0 Å². The average Bonchev–Trinajstić information content (AvgIpc) is 3.32. The molecule has 2 unspecified atom stereocenters. The average molecular weight is 583 g/mol. The van der Waals surface area contributed by atoms with Gasteiger partial charge < -0.3 is 5.32 Å². The number of amides is 1. The van der Waals surface area contributed by atoms with E-state index >= 15 is 0 Å². The third-order valence-electron chi connectivity index (χ3n) is 5.53. The van der Waals surface area contributed by atoms with Gasteiger partial charge in [-0.2, -0.15) is 56.5 Å². The molecule has 3 rings (SSSR count). The lowest BCUT2D eigenvalue weighted by atomic mass is 9.88. The van der Waals surface area contributed by atoms with Crippen LogP contribution in [-0.4, -0.2) is 23.6 Å². The van der Waals surface area contributed by atoms with Crippen molar-refractivity contribution in [2.45, 2.75) is 37.1 Å². The lowest BCUT2D eigenvalue weighted by molar-refractivity contribution is -0.269. The van der Waals surface area contributed by atoms with Gasteiger partial charge in [0.2, 0.25) is 11.5 Å². The van der Waals surface area contributed by atoms with Crippen LogP contribution in [0.5, 0.6) is 0 Å². The smallest absolute Gasteiger partial charge is 0.336 e. The van der Waals surface area contributed by atoms with E-state index in [9.17, 15) is 49.6 Å². The molecule has 1 amide bonds. The van der Waals surface area contributed by atoms with E-state index in [4.69, 9.17) is 0 Å². The molecule has 0 bridgehead atoms. The molecule has 2 aromatic rings. The van der Waals surface area contributed by atoms with E-state index < -0.39 is 58.5 Å². The molecule has 0 aliphatic carbocycles. The maximum atomic E-state index is 14.2. The van der Waals surface area contributed by atoms with Gasteiger partial charge in [0.25, 0.3) is 0 Å². The van der Waals surface area contributed by atoms with E-state index in [1.807, 2.05) is 18.5 Å². The molecule has 2 N–H and O–H groups in total. The Bertz CT molecular complexity index is 1250. The Morgan fingerprint density at radius 2 is 1.59 bits per heavy atom. The van der Waals surface area contributed by atoms with Gasteiger partial charge in [-0.25, -0.2) is 0 Å². The second-order valence-corrected chi connectivity index (χ2v) is 9.45. The minimum Gasteiger partial charge on any atom is -0.336 e. The molecular weight excluding hydrogens is 565 g/mol. The highest BCUT2D eigenvalue weighted by molar-refractivity contribution is 7.99. The monoisotopic (exact) mass is 583 g/mol. The molecule has 0 saturated carbocycles. The molecular formula is C24H18F9N3O2S. The number of carbonyl (C=O) groups is 1. The maximum Gasteiger partial charge on any atom is 0.428 e. The van der Waals surface area contributed by atoms with Crippen molar-refractivity contribution in [1.29, 1.82) is 5.26 Å². The molecule has 39 heavy (non-hydrogen) atoms. The number of benzene rings is 2. The van der Waals surface area contributed by atoms with Crippen LogP contribution in [0.1, 0.15) is 40.8 Å². The van der Waals surface area contributed by atoms with Crippen LogP contribution in [0.25, 0.3) is 5.70 Å². The minimum atomic E-state index is -5.48. The van der Waals surface area contributed by atoms with E-state index in [1.54, 1.807) is 0 Å². The summed E-state index contributed by atoms with van der Waals surface area (Å²) in [6, 6.07) is 5.53. The largest absolute Gasteiger partial charge is 0.428 e. The van der Waals surface area contributed by atoms with E-state index in [1.165, 1.54) is 36.0 Å². The quantitative estimate of drug-likeness (QED) is 0.365. The molecule has 0 radical (unpaired) electrons. The fraction of sp³-hybridized carbons (Fsp3) is 0.333. The fourth-order valence-electron chi connectivity index (χ4n) is 3.60. The van der Waals surface area contributed by atoms with Crippen molar-refractivity contribution in [3.05, 3.63) is 76.4 Å². The Morgan fingerprint density at radius 3 is 2.05 bits per heavy atom. The lowest BCUT2D eigenvalue weighted by Crippen LogP contribution is -2.43. The number of carbonyl (C=O) groups excluding carboxylic acids is 1. The molecule has 0 saturated heterocycles. The van der Waals surface area contributed by atoms with Crippen LogP contribution in [0.2, 0.25) is 0 Å². The number of rotatable bonds is 7. The zero-order valence-corrected chi connectivity index (χ0v) is 20.5. The van der Waals surface area contributed by atoms with Crippen LogP contribution >= 0.6 is 11.8 Å². The van der Waals surface area contributed by atoms with Crippen LogP contribution in [0.15, 0.2) is 48.5 Å². The number of thioether (sulfide) groups is 1. The first-order valence-corrected chi connectivity index (χ1v) is 12.1. The van der Waals surface area contributed by atoms with Gasteiger partial charge in [0.05, 0.1) is 28.6 Å². The summed E-state index contributed by atoms with van der Waals surface area (Å²) in [5.41, 5.74) is -7.17. The number of alkyl halides is 9. The zero-order chi connectivity index (χ0) is 29.2. The molecule has 210 valence electrons. The molecule has 5 nitrogen and oxygen atoms in total. The second kappa shape index (κ2) is 11.0. The Morgan fingerprint density at radius 1 is 1.03 bits per heavy atom. The molecule has 2 atom stereocenters. The number of nitriles is 1.